The second kappa shape index (κ2) is 8.47. The van der Waals surface area contributed by atoms with Crippen molar-refractivity contribution < 1.29 is 4.74 Å². The van der Waals surface area contributed by atoms with E-state index < -0.39 is 0 Å². The molecule has 0 aliphatic carbocycles. The fourth-order valence-electron chi connectivity index (χ4n) is 2.74. The number of hydrogen-bond donors (Lipinski definition) is 1. The van der Waals surface area contributed by atoms with Crippen molar-refractivity contribution in [2.24, 2.45) is 0 Å². The Morgan fingerprint density at radius 3 is 2.69 bits per heavy atom. The Labute approximate surface area is 176 Å². The molecule has 0 aliphatic rings. The van der Waals surface area contributed by atoms with Crippen LogP contribution in [0.4, 0.5) is 0 Å². The van der Waals surface area contributed by atoms with Crippen molar-refractivity contribution in [3.05, 3.63) is 99.3 Å². The number of hydrogen-bond acceptors (Lipinski definition) is 4. The third-order valence-electron chi connectivity index (χ3n) is 4.18. The summed E-state index contributed by atoms with van der Waals surface area (Å²) in [7, 11) is 0. The maximum Gasteiger partial charge on any atom is 0.259 e. The Morgan fingerprint density at radius 2 is 1.93 bits per heavy atom. The lowest BCUT2D eigenvalue weighted by atomic mass is 10.2. The quantitative estimate of drug-likeness (QED) is 0.473. The number of ether oxygens (including phenoxy) is 1. The summed E-state index contributed by atoms with van der Waals surface area (Å²) >= 11 is 12.4. The Hall–Kier alpha value is -3.15. The number of aromatic amines is 1. The van der Waals surface area contributed by atoms with Gasteiger partial charge in [0.2, 0.25) is 0 Å². The van der Waals surface area contributed by atoms with Gasteiger partial charge in [0.05, 0.1) is 21.6 Å². The van der Waals surface area contributed by atoms with E-state index in [0.717, 1.165) is 17.0 Å². The summed E-state index contributed by atoms with van der Waals surface area (Å²) in [4.78, 5) is 23.6. The van der Waals surface area contributed by atoms with E-state index in [4.69, 9.17) is 27.9 Å². The van der Waals surface area contributed by atoms with Crippen molar-refractivity contribution in [2.75, 3.05) is 0 Å². The van der Waals surface area contributed by atoms with Crippen LogP contribution >= 0.6 is 23.2 Å². The molecule has 2 aromatic carbocycles. The highest BCUT2D eigenvalue weighted by atomic mass is 35.5. The molecule has 7 heteroatoms. The van der Waals surface area contributed by atoms with E-state index >= 15 is 0 Å². The molecule has 0 radical (unpaired) electrons. The van der Waals surface area contributed by atoms with Gasteiger partial charge in [0.1, 0.15) is 12.4 Å². The van der Waals surface area contributed by atoms with Crippen LogP contribution in [0.5, 0.6) is 5.75 Å². The first-order chi connectivity index (χ1) is 14.1. The summed E-state index contributed by atoms with van der Waals surface area (Å²) in [6, 6.07) is 18.0. The van der Waals surface area contributed by atoms with E-state index in [-0.39, 0.29) is 11.4 Å². The lowest BCUT2D eigenvalue weighted by Crippen LogP contribution is -2.10. The molecule has 29 heavy (non-hydrogen) atoms. The smallest absolute Gasteiger partial charge is 0.259 e. The second-order valence-corrected chi connectivity index (χ2v) is 7.09. The number of pyridine rings is 1. The van der Waals surface area contributed by atoms with Crippen LogP contribution in [0.3, 0.4) is 0 Å². The number of H-pyrrole nitrogens is 1. The molecule has 2 aromatic heterocycles. The first-order valence-corrected chi connectivity index (χ1v) is 9.54. The fraction of sp³-hybridized carbons (Fsp3) is 0.0455. The highest BCUT2D eigenvalue weighted by Crippen LogP contribution is 2.22. The Bertz CT molecular complexity index is 1240. The minimum absolute atomic E-state index is 0.272. The average Bonchev–Trinajstić information content (AvgIpc) is 2.73. The lowest BCUT2D eigenvalue weighted by molar-refractivity contribution is 0.301. The number of halogens is 2. The number of rotatable bonds is 5. The molecule has 144 valence electrons. The highest BCUT2D eigenvalue weighted by molar-refractivity contribution is 6.50. The Morgan fingerprint density at radius 1 is 1.10 bits per heavy atom. The summed E-state index contributed by atoms with van der Waals surface area (Å²) in [5.41, 5.74) is 1.91. The Balaban J connectivity index is 1.53. The zero-order valence-corrected chi connectivity index (χ0v) is 16.6. The molecule has 1 N–H and O–H groups in total. The topological polar surface area (TPSA) is 67.9 Å². The Kier molecular flexibility index (Phi) is 5.60. The largest absolute Gasteiger partial charge is 0.487 e. The lowest BCUT2D eigenvalue weighted by Gasteiger charge is -2.06. The van der Waals surface area contributed by atoms with E-state index in [1.54, 1.807) is 30.5 Å². The van der Waals surface area contributed by atoms with Crippen LogP contribution in [-0.4, -0.2) is 15.0 Å². The first-order valence-electron chi connectivity index (χ1n) is 8.78. The number of aromatic nitrogens is 3. The zero-order chi connectivity index (χ0) is 20.2. The monoisotopic (exact) mass is 423 g/mol. The normalized spacial score (nSPS) is 11.6. The highest BCUT2D eigenvalue weighted by Gasteiger charge is 2.08. The molecule has 0 aliphatic heterocycles. The van der Waals surface area contributed by atoms with Crippen LogP contribution in [0.15, 0.2) is 71.7 Å². The van der Waals surface area contributed by atoms with Gasteiger partial charge in [0.15, 0.2) is 5.82 Å². The summed E-state index contributed by atoms with van der Waals surface area (Å²) in [5.74, 6) is 0.998. The van der Waals surface area contributed by atoms with Gasteiger partial charge in [-0.1, -0.05) is 41.4 Å². The fourth-order valence-corrected chi connectivity index (χ4v) is 3.12. The molecular weight excluding hydrogens is 409 g/mol. The second-order valence-electron chi connectivity index (χ2n) is 6.25. The minimum Gasteiger partial charge on any atom is -0.487 e. The number of fused-ring (bicyclic) bond motifs is 1. The molecule has 0 unspecified atom stereocenters. The molecule has 0 saturated carbocycles. The standard InChI is InChI=1S/C22H15Cl2N3O2/c23-15-6-9-18-20(12-15)26-21(27-22(18)28)19(24)11-14-4-7-17(8-5-14)29-13-16-3-1-2-10-25-16/h1-12H,13H2,(H,26,27,28)/b19-11-. The van der Waals surface area contributed by atoms with Crippen LogP contribution in [0.25, 0.3) is 22.0 Å². The van der Waals surface area contributed by atoms with Gasteiger partial charge in [0, 0.05) is 11.2 Å². The summed E-state index contributed by atoms with van der Waals surface area (Å²) in [6.45, 7) is 0.390. The average molecular weight is 424 g/mol. The van der Waals surface area contributed by atoms with Crippen molar-refractivity contribution in [1.29, 1.82) is 0 Å². The van der Waals surface area contributed by atoms with Crippen LogP contribution < -0.4 is 10.3 Å². The summed E-state index contributed by atoms with van der Waals surface area (Å²) in [6.07, 6.45) is 3.45. The molecule has 5 nitrogen and oxygen atoms in total. The van der Waals surface area contributed by atoms with Crippen molar-refractivity contribution in [3.8, 4) is 5.75 Å². The zero-order valence-electron chi connectivity index (χ0n) is 15.1. The van der Waals surface area contributed by atoms with Crippen molar-refractivity contribution in [2.45, 2.75) is 6.61 Å². The first kappa shape index (κ1) is 19.2. The van der Waals surface area contributed by atoms with Gasteiger partial charge >= 0.3 is 0 Å². The van der Waals surface area contributed by atoms with Gasteiger partial charge < -0.3 is 9.72 Å². The van der Waals surface area contributed by atoms with Gasteiger partial charge in [-0.3, -0.25) is 9.78 Å². The van der Waals surface area contributed by atoms with Gasteiger partial charge in [-0.25, -0.2) is 4.98 Å². The predicted molar refractivity (Wildman–Crippen MR) is 116 cm³/mol. The van der Waals surface area contributed by atoms with Gasteiger partial charge in [0.25, 0.3) is 5.56 Å². The molecule has 4 aromatic rings. The molecule has 2 heterocycles. The third kappa shape index (κ3) is 4.65. The van der Waals surface area contributed by atoms with Gasteiger partial charge in [-0.05, 0) is 54.1 Å². The SMILES string of the molecule is O=c1[nH]c(/C(Cl)=C/c2ccc(OCc3ccccn3)cc2)nc2cc(Cl)ccc12. The van der Waals surface area contributed by atoms with E-state index in [2.05, 4.69) is 15.0 Å². The number of benzene rings is 2. The molecule has 0 amide bonds. The van der Waals surface area contributed by atoms with Crippen molar-refractivity contribution in [3.63, 3.8) is 0 Å². The maximum atomic E-state index is 12.3. The molecule has 4 rings (SSSR count). The van der Waals surface area contributed by atoms with Crippen LogP contribution in [0.2, 0.25) is 5.02 Å². The number of nitrogens with zero attached hydrogens (tertiary/aromatic N) is 2. The third-order valence-corrected chi connectivity index (χ3v) is 4.70. The molecule has 0 atom stereocenters. The minimum atomic E-state index is -0.272. The van der Waals surface area contributed by atoms with E-state index in [1.165, 1.54) is 0 Å². The van der Waals surface area contributed by atoms with Crippen LogP contribution in [0, 0.1) is 0 Å². The molecule has 0 bridgehead atoms. The predicted octanol–water partition coefficient (Wildman–Crippen LogP) is 5.29. The van der Waals surface area contributed by atoms with E-state index in [9.17, 15) is 4.79 Å². The van der Waals surface area contributed by atoms with Crippen LogP contribution in [0.1, 0.15) is 17.1 Å². The summed E-state index contributed by atoms with van der Waals surface area (Å²) < 4.78 is 5.72. The molecule has 0 spiro atoms. The number of nitrogens with one attached hydrogen (secondary N) is 1. The maximum absolute atomic E-state index is 12.3. The van der Waals surface area contributed by atoms with E-state index in [1.807, 2.05) is 42.5 Å². The summed E-state index contributed by atoms with van der Waals surface area (Å²) in [5, 5.41) is 1.27. The molecular formula is C22H15Cl2N3O2. The van der Waals surface area contributed by atoms with Crippen molar-refractivity contribution >= 4 is 45.2 Å². The molecule has 0 saturated heterocycles. The molecule has 0 fully saturated rings. The van der Waals surface area contributed by atoms with E-state index in [0.29, 0.717) is 27.6 Å². The van der Waals surface area contributed by atoms with Gasteiger partial charge in [-0.2, -0.15) is 0 Å². The van der Waals surface area contributed by atoms with Crippen LogP contribution in [-0.2, 0) is 6.61 Å². The van der Waals surface area contributed by atoms with Gasteiger partial charge in [-0.15, -0.1) is 0 Å². The van der Waals surface area contributed by atoms with Crippen molar-refractivity contribution in [1.82, 2.24) is 15.0 Å².